The second-order valence-electron chi connectivity index (χ2n) is 10.6. The van der Waals surface area contributed by atoms with Crippen molar-refractivity contribution in [1.82, 2.24) is 19.7 Å². The average Bonchev–Trinajstić information content (AvgIpc) is 3.38. The maximum atomic E-state index is 6.53. The van der Waals surface area contributed by atoms with E-state index in [-0.39, 0.29) is 18.4 Å². The van der Waals surface area contributed by atoms with Crippen LogP contribution in [0.25, 0.3) is 11.3 Å². The molecule has 2 aromatic heterocycles. The van der Waals surface area contributed by atoms with Gasteiger partial charge in [0.15, 0.2) is 11.4 Å². The van der Waals surface area contributed by atoms with E-state index < -0.39 is 5.60 Å². The van der Waals surface area contributed by atoms with Gasteiger partial charge in [-0.25, -0.2) is 14.6 Å². The molecule has 0 spiro atoms. The van der Waals surface area contributed by atoms with Crippen LogP contribution < -0.4 is 4.90 Å². The molecule has 0 saturated carbocycles. The summed E-state index contributed by atoms with van der Waals surface area (Å²) in [5.74, 6) is 1.08. The van der Waals surface area contributed by atoms with Crippen molar-refractivity contribution in [3.63, 3.8) is 0 Å². The van der Waals surface area contributed by atoms with Crippen molar-refractivity contribution in [3.05, 3.63) is 17.5 Å². The zero-order chi connectivity index (χ0) is 24.7. The summed E-state index contributed by atoms with van der Waals surface area (Å²) in [6, 6.07) is 0. The third-order valence-electron chi connectivity index (χ3n) is 7.70. The number of aromatic nitrogens is 4. The van der Waals surface area contributed by atoms with Crippen LogP contribution in [0.1, 0.15) is 75.8 Å². The summed E-state index contributed by atoms with van der Waals surface area (Å²) >= 11 is 1.58. The summed E-state index contributed by atoms with van der Waals surface area (Å²) in [6.07, 6.45) is 10.5. The molecule has 3 fully saturated rings. The topological polar surface area (TPSA) is 83.8 Å². The maximum Gasteiger partial charge on any atom is 0.189 e. The Morgan fingerprint density at radius 2 is 1.92 bits per heavy atom. The highest BCUT2D eigenvalue weighted by atomic mass is 32.2. The SMILES string of the molecule is CSc1nc2c(c(N3CCOC[C@@](C)(OC4CCCCO4)C3)n1)-c1nn(C3CCCCO3)cc1C2C. The Kier molecular flexibility index (Phi) is 6.98. The number of ether oxygens (including phenoxy) is 4. The molecule has 1 aliphatic carbocycles. The highest BCUT2D eigenvalue weighted by Gasteiger charge is 2.40. The number of hydrogen-bond donors (Lipinski definition) is 0. The highest BCUT2D eigenvalue weighted by molar-refractivity contribution is 7.98. The molecule has 0 radical (unpaired) electrons. The maximum absolute atomic E-state index is 6.53. The zero-order valence-electron chi connectivity index (χ0n) is 21.6. The van der Waals surface area contributed by atoms with E-state index in [1.54, 1.807) is 11.8 Å². The minimum atomic E-state index is -0.502. The van der Waals surface area contributed by atoms with Crippen molar-refractivity contribution >= 4 is 17.6 Å². The molecule has 10 heteroatoms. The first kappa shape index (κ1) is 24.6. The molecular weight excluding hydrogens is 478 g/mol. The quantitative estimate of drug-likeness (QED) is 0.426. The monoisotopic (exact) mass is 515 g/mol. The number of hydrogen-bond acceptors (Lipinski definition) is 9. The molecule has 196 valence electrons. The second-order valence-corrected chi connectivity index (χ2v) is 11.4. The highest BCUT2D eigenvalue weighted by Crippen LogP contribution is 2.48. The molecule has 0 N–H and O–H groups in total. The van der Waals surface area contributed by atoms with Crippen molar-refractivity contribution in [2.24, 2.45) is 0 Å². The van der Waals surface area contributed by atoms with E-state index in [1.807, 2.05) is 10.9 Å². The van der Waals surface area contributed by atoms with Crippen molar-refractivity contribution < 1.29 is 18.9 Å². The van der Waals surface area contributed by atoms with Gasteiger partial charge >= 0.3 is 0 Å². The van der Waals surface area contributed by atoms with Gasteiger partial charge in [0, 0.05) is 37.4 Å². The predicted octanol–water partition coefficient (Wildman–Crippen LogP) is 4.36. The number of fused-ring (bicyclic) bond motifs is 3. The van der Waals surface area contributed by atoms with Crippen molar-refractivity contribution in [3.8, 4) is 11.3 Å². The summed E-state index contributed by atoms with van der Waals surface area (Å²) in [5, 5.41) is 5.85. The molecule has 2 aromatic rings. The predicted molar refractivity (Wildman–Crippen MR) is 138 cm³/mol. The van der Waals surface area contributed by atoms with Crippen LogP contribution in [0.15, 0.2) is 11.4 Å². The Hall–Kier alpha value is -1.72. The molecule has 4 atom stereocenters. The minimum absolute atomic E-state index is 0.00797. The summed E-state index contributed by atoms with van der Waals surface area (Å²) in [4.78, 5) is 12.3. The third-order valence-corrected chi connectivity index (χ3v) is 8.24. The Morgan fingerprint density at radius 1 is 1.08 bits per heavy atom. The summed E-state index contributed by atoms with van der Waals surface area (Å²) < 4.78 is 26.5. The standard InChI is InChI=1S/C26H37N5O4S/c1-17-18-14-31(19-8-4-6-11-33-19)29-23(18)21-22(17)27-25(36-3)28-24(21)30-10-13-32-16-26(2,15-30)35-20-9-5-7-12-34-20/h14,17,19-20H,4-13,15-16H2,1-3H3/t17?,19?,20?,26-/m0/s1. The van der Waals surface area contributed by atoms with Gasteiger partial charge in [-0.15, -0.1) is 0 Å². The summed E-state index contributed by atoms with van der Waals surface area (Å²) in [5.41, 5.74) is 3.79. The van der Waals surface area contributed by atoms with Crippen LogP contribution in [-0.2, 0) is 18.9 Å². The van der Waals surface area contributed by atoms with Gasteiger partial charge in [-0.2, -0.15) is 5.10 Å². The first-order valence-electron chi connectivity index (χ1n) is 13.3. The van der Waals surface area contributed by atoms with Gasteiger partial charge in [0.05, 0.1) is 31.0 Å². The largest absolute Gasteiger partial charge is 0.377 e. The molecule has 3 unspecified atom stereocenters. The van der Waals surface area contributed by atoms with E-state index in [0.29, 0.717) is 19.8 Å². The second kappa shape index (κ2) is 10.2. The molecule has 9 nitrogen and oxygen atoms in total. The van der Waals surface area contributed by atoms with Crippen LogP contribution in [0.4, 0.5) is 5.82 Å². The Morgan fingerprint density at radius 3 is 2.67 bits per heavy atom. The van der Waals surface area contributed by atoms with Gasteiger partial charge in [-0.1, -0.05) is 18.7 Å². The summed E-state index contributed by atoms with van der Waals surface area (Å²) in [7, 11) is 0. The number of anilines is 1. The van der Waals surface area contributed by atoms with E-state index in [2.05, 4.69) is 24.9 Å². The molecule has 3 saturated heterocycles. The molecule has 0 aromatic carbocycles. The van der Waals surface area contributed by atoms with Crippen molar-refractivity contribution in [2.75, 3.05) is 50.7 Å². The van der Waals surface area contributed by atoms with Gasteiger partial charge in [0.1, 0.15) is 23.3 Å². The number of nitrogens with zero attached hydrogens (tertiary/aromatic N) is 5. The van der Waals surface area contributed by atoms with Gasteiger partial charge in [0.2, 0.25) is 0 Å². The molecule has 3 aliphatic heterocycles. The molecule has 0 bridgehead atoms. The Labute approximate surface area is 217 Å². The third kappa shape index (κ3) is 4.67. The van der Waals surface area contributed by atoms with E-state index >= 15 is 0 Å². The van der Waals surface area contributed by atoms with Crippen LogP contribution in [0.5, 0.6) is 0 Å². The van der Waals surface area contributed by atoms with Gasteiger partial charge in [-0.05, 0) is 51.7 Å². The molecular formula is C26H37N5O4S. The smallest absolute Gasteiger partial charge is 0.189 e. The first-order chi connectivity index (χ1) is 17.5. The van der Waals surface area contributed by atoms with Gasteiger partial charge in [0.25, 0.3) is 0 Å². The van der Waals surface area contributed by atoms with Crippen LogP contribution in [0.2, 0.25) is 0 Å². The lowest BCUT2D eigenvalue weighted by Gasteiger charge is -2.37. The fraction of sp³-hybridized carbons (Fsp3) is 0.731. The summed E-state index contributed by atoms with van der Waals surface area (Å²) in [6.45, 7) is 8.45. The van der Waals surface area contributed by atoms with Crippen molar-refractivity contribution in [2.45, 2.75) is 81.6 Å². The van der Waals surface area contributed by atoms with E-state index in [1.165, 1.54) is 12.0 Å². The zero-order valence-corrected chi connectivity index (χ0v) is 22.4. The minimum Gasteiger partial charge on any atom is -0.377 e. The van der Waals surface area contributed by atoms with E-state index in [9.17, 15) is 0 Å². The molecule has 5 heterocycles. The molecule has 36 heavy (non-hydrogen) atoms. The first-order valence-corrected chi connectivity index (χ1v) is 14.6. The van der Waals surface area contributed by atoms with Gasteiger partial charge in [-0.3, -0.25) is 0 Å². The van der Waals surface area contributed by atoms with Crippen LogP contribution in [0, 0.1) is 0 Å². The average molecular weight is 516 g/mol. The molecule has 4 aliphatic rings. The fourth-order valence-corrected chi connectivity index (χ4v) is 6.18. The molecule has 6 rings (SSSR count). The Bertz CT molecular complexity index is 1080. The van der Waals surface area contributed by atoms with E-state index in [0.717, 1.165) is 79.8 Å². The van der Waals surface area contributed by atoms with Gasteiger partial charge < -0.3 is 23.8 Å². The van der Waals surface area contributed by atoms with Crippen molar-refractivity contribution in [1.29, 1.82) is 0 Å². The van der Waals surface area contributed by atoms with E-state index in [4.69, 9.17) is 34.0 Å². The van der Waals surface area contributed by atoms with Crippen LogP contribution in [-0.4, -0.2) is 77.4 Å². The number of rotatable bonds is 5. The lowest BCUT2D eigenvalue weighted by atomic mass is 10.1. The Balaban J connectivity index is 1.36. The van der Waals surface area contributed by atoms with Crippen LogP contribution >= 0.6 is 11.8 Å². The lowest BCUT2D eigenvalue weighted by Crippen LogP contribution is -2.47. The molecule has 0 amide bonds. The lowest BCUT2D eigenvalue weighted by molar-refractivity contribution is -0.227. The fourth-order valence-electron chi connectivity index (χ4n) is 5.81. The van der Waals surface area contributed by atoms with Crippen LogP contribution in [0.3, 0.4) is 0 Å². The number of thioether (sulfide) groups is 1. The normalized spacial score (nSPS) is 30.6.